The van der Waals surface area contributed by atoms with E-state index in [4.69, 9.17) is 11.6 Å². The maximum atomic E-state index is 12.2. The van der Waals surface area contributed by atoms with Gasteiger partial charge < -0.3 is 4.57 Å². The van der Waals surface area contributed by atoms with Gasteiger partial charge in [0, 0.05) is 38.7 Å². The lowest BCUT2D eigenvalue weighted by Gasteiger charge is -2.10. The van der Waals surface area contributed by atoms with E-state index in [1.54, 1.807) is 24.4 Å². The van der Waals surface area contributed by atoms with Crippen LogP contribution in [-0.4, -0.2) is 21.6 Å². The number of halogens is 2. The number of benzene rings is 2. The normalized spacial score (nSPS) is 11.1. The predicted octanol–water partition coefficient (Wildman–Crippen LogP) is 5.11. The number of nitrogens with zero attached hydrogens (tertiary/aromatic N) is 3. The molecule has 0 aliphatic heterocycles. The van der Waals surface area contributed by atoms with Crippen molar-refractivity contribution < 1.29 is 9.72 Å². The van der Waals surface area contributed by atoms with E-state index in [-0.39, 0.29) is 12.1 Å². The number of amides is 1. The first-order valence-electron chi connectivity index (χ1n) is 8.96. The standard InChI is InChI=1S/C21H18BrClN4O3/c1-13-9-16(14(2)26(13)17-7-8-18(22)19(23)11-17)12-24-25-21(28)10-15-5-3-4-6-20(15)27(29)30/h3-9,11-12H,10H2,1-2H3,(H,25,28). The fourth-order valence-corrected chi connectivity index (χ4v) is 3.59. The monoisotopic (exact) mass is 488 g/mol. The first-order chi connectivity index (χ1) is 14.3. The number of hydrazone groups is 1. The highest BCUT2D eigenvalue weighted by Crippen LogP contribution is 2.27. The number of hydrogen-bond donors (Lipinski definition) is 1. The van der Waals surface area contributed by atoms with E-state index in [0.29, 0.717) is 10.6 Å². The number of para-hydroxylation sites is 1. The number of aryl methyl sites for hydroxylation is 1. The molecule has 0 saturated heterocycles. The zero-order chi connectivity index (χ0) is 21.8. The number of carbonyl (C=O) groups excluding carboxylic acids is 1. The molecule has 7 nitrogen and oxygen atoms in total. The molecule has 9 heteroatoms. The van der Waals surface area contributed by atoms with Crippen molar-refractivity contribution in [3.8, 4) is 5.69 Å². The summed E-state index contributed by atoms with van der Waals surface area (Å²) in [4.78, 5) is 22.7. The molecule has 1 aromatic heterocycles. The van der Waals surface area contributed by atoms with Gasteiger partial charge in [-0.3, -0.25) is 14.9 Å². The second-order valence-corrected chi connectivity index (χ2v) is 7.88. The molecule has 0 aliphatic carbocycles. The third-order valence-corrected chi connectivity index (χ3v) is 5.80. The van der Waals surface area contributed by atoms with E-state index in [0.717, 1.165) is 27.1 Å². The number of hydrogen-bond acceptors (Lipinski definition) is 4. The Balaban J connectivity index is 1.74. The summed E-state index contributed by atoms with van der Waals surface area (Å²) >= 11 is 9.60. The minimum atomic E-state index is -0.505. The van der Waals surface area contributed by atoms with Gasteiger partial charge in [-0.2, -0.15) is 5.10 Å². The first-order valence-corrected chi connectivity index (χ1v) is 10.1. The molecule has 0 bridgehead atoms. The van der Waals surface area contributed by atoms with Gasteiger partial charge in [0.15, 0.2) is 0 Å². The van der Waals surface area contributed by atoms with Crippen LogP contribution >= 0.6 is 27.5 Å². The average Bonchev–Trinajstić information content (AvgIpc) is 2.98. The molecule has 0 fully saturated rings. The van der Waals surface area contributed by atoms with Crippen LogP contribution in [0.15, 0.2) is 58.1 Å². The van der Waals surface area contributed by atoms with Gasteiger partial charge in [0.1, 0.15) is 0 Å². The Bertz CT molecular complexity index is 1160. The molecular weight excluding hydrogens is 472 g/mol. The number of aromatic nitrogens is 1. The quantitative estimate of drug-likeness (QED) is 0.296. The van der Waals surface area contributed by atoms with Gasteiger partial charge in [0.05, 0.1) is 22.6 Å². The largest absolute Gasteiger partial charge is 0.318 e. The number of rotatable bonds is 6. The smallest absolute Gasteiger partial charge is 0.273 e. The minimum Gasteiger partial charge on any atom is -0.318 e. The first kappa shape index (κ1) is 21.7. The van der Waals surface area contributed by atoms with Crippen molar-refractivity contribution in [2.45, 2.75) is 20.3 Å². The maximum Gasteiger partial charge on any atom is 0.273 e. The van der Waals surface area contributed by atoms with Crippen LogP contribution in [0.2, 0.25) is 5.02 Å². The van der Waals surface area contributed by atoms with Gasteiger partial charge in [-0.15, -0.1) is 0 Å². The molecule has 0 radical (unpaired) electrons. The zero-order valence-corrected chi connectivity index (χ0v) is 18.6. The van der Waals surface area contributed by atoms with Crippen molar-refractivity contribution in [3.63, 3.8) is 0 Å². The molecule has 0 saturated carbocycles. The Kier molecular flexibility index (Phi) is 6.69. The summed E-state index contributed by atoms with van der Waals surface area (Å²) in [5.74, 6) is -0.436. The van der Waals surface area contributed by atoms with Crippen molar-refractivity contribution >= 4 is 45.3 Å². The summed E-state index contributed by atoms with van der Waals surface area (Å²) in [6, 6.07) is 13.8. The summed E-state index contributed by atoms with van der Waals surface area (Å²) in [6.45, 7) is 3.91. The van der Waals surface area contributed by atoms with Crippen LogP contribution in [0.3, 0.4) is 0 Å². The highest BCUT2D eigenvalue weighted by Gasteiger charge is 2.15. The summed E-state index contributed by atoms with van der Waals surface area (Å²) in [6.07, 6.45) is 1.42. The van der Waals surface area contributed by atoms with Gasteiger partial charge >= 0.3 is 0 Å². The molecule has 2 aromatic carbocycles. The van der Waals surface area contributed by atoms with E-state index in [1.807, 2.05) is 42.7 Å². The van der Waals surface area contributed by atoms with Crippen LogP contribution in [0.1, 0.15) is 22.5 Å². The van der Waals surface area contributed by atoms with Crippen molar-refractivity contribution in [1.82, 2.24) is 9.99 Å². The van der Waals surface area contributed by atoms with Crippen LogP contribution in [-0.2, 0) is 11.2 Å². The number of nitrogens with one attached hydrogen (secondary N) is 1. The Morgan fingerprint density at radius 2 is 2.00 bits per heavy atom. The highest BCUT2D eigenvalue weighted by molar-refractivity contribution is 9.10. The van der Waals surface area contributed by atoms with Gasteiger partial charge in [0.25, 0.3) is 5.69 Å². The van der Waals surface area contributed by atoms with Gasteiger partial charge in [-0.25, -0.2) is 5.43 Å². The zero-order valence-electron chi connectivity index (χ0n) is 16.2. The summed E-state index contributed by atoms with van der Waals surface area (Å²) in [5, 5.41) is 15.7. The molecule has 0 unspecified atom stereocenters. The molecule has 1 N–H and O–H groups in total. The van der Waals surface area contributed by atoms with E-state index >= 15 is 0 Å². The lowest BCUT2D eigenvalue weighted by Crippen LogP contribution is -2.20. The summed E-state index contributed by atoms with van der Waals surface area (Å²) in [7, 11) is 0. The summed E-state index contributed by atoms with van der Waals surface area (Å²) < 4.78 is 2.85. The van der Waals surface area contributed by atoms with E-state index in [2.05, 4.69) is 26.5 Å². The topological polar surface area (TPSA) is 89.5 Å². The SMILES string of the molecule is Cc1cc(C=NNC(=O)Cc2ccccc2[N+](=O)[O-])c(C)n1-c1ccc(Br)c(Cl)c1. The fourth-order valence-electron chi connectivity index (χ4n) is 3.16. The van der Waals surface area contributed by atoms with Crippen LogP contribution in [0.5, 0.6) is 0 Å². The van der Waals surface area contributed by atoms with Crippen LogP contribution < -0.4 is 5.43 Å². The predicted molar refractivity (Wildman–Crippen MR) is 120 cm³/mol. The summed E-state index contributed by atoms with van der Waals surface area (Å²) in [5.41, 5.74) is 6.34. The molecule has 1 heterocycles. The number of nitro groups is 1. The van der Waals surface area contributed by atoms with Gasteiger partial charge in [-0.05, 0) is 54.0 Å². The molecular formula is C21H18BrClN4O3. The van der Waals surface area contributed by atoms with Crippen LogP contribution in [0.25, 0.3) is 5.69 Å². The maximum absolute atomic E-state index is 12.2. The second kappa shape index (κ2) is 9.23. The van der Waals surface area contributed by atoms with Crippen molar-refractivity contribution in [3.05, 3.63) is 90.7 Å². The third-order valence-electron chi connectivity index (χ3n) is 4.56. The molecule has 3 aromatic rings. The van der Waals surface area contributed by atoms with Crippen molar-refractivity contribution in [2.24, 2.45) is 5.10 Å². The Labute approximate surface area is 186 Å². The molecule has 0 aliphatic rings. The Hall–Kier alpha value is -2.97. The van der Waals surface area contributed by atoms with Crippen LogP contribution in [0.4, 0.5) is 5.69 Å². The van der Waals surface area contributed by atoms with Crippen molar-refractivity contribution in [1.29, 1.82) is 0 Å². The van der Waals surface area contributed by atoms with Crippen molar-refractivity contribution in [2.75, 3.05) is 0 Å². The van der Waals surface area contributed by atoms with Gasteiger partial charge in [-0.1, -0.05) is 29.8 Å². The van der Waals surface area contributed by atoms with E-state index < -0.39 is 10.8 Å². The lowest BCUT2D eigenvalue weighted by molar-refractivity contribution is -0.385. The van der Waals surface area contributed by atoms with E-state index in [1.165, 1.54) is 6.07 Å². The van der Waals surface area contributed by atoms with Crippen LogP contribution in [0, 0.1) is 24.0 Å². The average molecular weight is 490 g/mol. The second-order valence-electron chi connectivity index (χ2n) is 6.62. The highest BCUT2D eigenvalue weighted by atomic mass is 79.9. The Morgan fingerprint density at radius 3 is 2.70 bits per heavy atom. The third kappa shape index (κ3) is 4.77. The minimum absolute atomic E-state index is 0.0895. The number of carbonyl (C=O) groups is 1. The molecule has 1 amide bonds. The molecule has 30 heavy (non-hydrogen) atoms. The molecule has 0 spiro atoms. The Morgan fingerprint density at radius 1 is 1.27 bits per heavy atom. The molecule has 0 atom stereocenters. The lowest BCUT2D eigenvalue weighted by atomic mass is 10.1. The van der Waals surface area contributed by atoms with E-state index in [9.17, 15) is 14.9 Å². The molecule has 3 rings (SSSR count). The molecule has 154 valence electrons. The fraction of sp³-hybridized carbons (Fsp3) is 0.143. The van der Waals surface area contributed by atoms with Gasteiger partial charge in [0.2, 0.25) is 5.91 Å². The number of nitro benzene ring substituents is 1.